The summed E-state index contributed by atoms with van der Waals surface area (Å²) in [5, 5.41) is 6.68. The Morgan fingerprint density at radius 3 is 2.52 bits per heavy atom. The largest absolute Gasteiger partial charge is 0.491 e. The fourth-order valence-corrected chi connectivity index (χ4v) is 2.46. The van der Waals surface area contributed by atoms with Crippen molar-refractivity contribution < 1.29 is 14.3 Å². The highest BCUT2D eigenvalue weighted by molar-refractivity contribution is 6.36. The van der Waals surface area contributed by atoms with Crippen LogP contribution >= 0.6 is 23.2 Å². The van der Waals surface area contributed by atoms with Crippen molar-refractivity contribution in [2.45, 2.75) is 6.92 Å². The predicted molar refractivity (Wildman–Crippen MR) is 102 cm³/mol. The van der Waals surface area contributed by atoms with Crippen molar-refractivity contribution in [3.63, 3.8) is 0 Å². The Morgan fingerprint density at radius 2 is 1.84 bits per heavy atom. The minimum absolute atomic E-state index is 0.115. The summed E-state index contributed by atoms with van der Waals surface area (Å²) in [6.45, 7) is 3.80. The molecule has 0 aromatic heterocycles. The molecule has 0 spiro atoms. The van der Waals surface area contributed by atoms with Crippen LogP contribution in [0, 0.1) is 0 Å². The average molecular weight is 383 g/mol. The number of carbonyl (C=O) groups is 1. The third-order valence-electron chi connectivity index (χ3n) is 3.21. The van der Waals surface area contributed by atoms with Crippen LogP contribution in [0.25, 0.3) is 0 Å². The Labute approximate surface area is 157 Å². The molecule has 0 atom stereocenters. The summed E-state index contributed by atoms with van der Waals surface area (Å²) >= 11 is 11.9. The smallest absolute Gasteiger partial charge is 0.243 e. The van der Waals surface area contributed by atoms with Crippen LogP contribution in [-0.4, -0.2) is 32.3 Å². The highest BCUT2D eigenvalue weighted by atomic mass is 35.5. The molecule has 0 aliphatic carbocycles. The Kier molecular flexibility index (Phi) is 7.85. The minimum atomic E-state index is -0.207. The second-order valence-corrected chi connectivity index (χ2v) is 5.94. The standard InChI is InChI=1S/C18H20Cl2N2O3/c1-2-24-9-10-25-15-6-4-14(5-7-15)21-12-18(23)22-17-8-3-13(19)11-16(17)20/h3-8,11,21H,2,9-10,12H2,1H3,(H,22,23). The zero-order chi connectivity index (χ0) is 18.1. The molecule has 0 bridgehead atoms. The number of nitrogens with one attached hydrogen (secondary N) is 2. The number of hydrogen-bond donors (Lipinski definition) is 2. The normalized spacial score (nSPS) is 10.4. The first-order valence-corrected chi connectivity index (χ1v) is 8.63. The Morgan fingerprint density at radius 1 is 1.08 bits per heavy atom. The molecule has 2 rings (SSSR count). The van der Waals surface area contributed by atoms with Crippen molar-refractivity contribution in [1.29, 1.82) is 0 Å². The summed E-state index contributed by atoms with van der Waals surface area (Å²) in [4.78, 5) is 12.0. The monoisotopic (exact) mass is 382 g/mol. The second kappa shape index (κ2) is 10.1. The highest BCUT2D eigenvalue weighted by Crippen LogP contribution is 2.25. The number of rotatable bonds is 9. The molecule has 1 amide bonds. The minimum Gasteiger partial charge on any atom is -0.491 e. The van der Waals surface area contributed by atoms with E-state index in [0.29, 0.717) is 35.6 Å². The Bertz CT molecular complexity index is 693. The summed E-state index contributed by atoms with van der Waals surface area (Å²) in [5.74, 6) is 0.545. The van der Waals surface area contributed by atoms with E-state index in [9.17, 15) is 4.79 Å². The Hall–Kier alpha value is -1.95. The molecule has 134 valence electrons. The Balaban J connectivity index is 1.77. The maximum Gasteiger partial charge on any atom is 0.243 e. The molecule has 2 aromatic carbocycles. The van der Waals surface area contributed by atoms with Gasteiger partial charge in [0.1, 0.15) is 12.4 Å². The van der Waals surface area contributed by atoms with E-state index in [0.717, 1.165) is 11.4 Å². The van der Waals surface area contributed by atoms with Gasteiger partial charge in [-0.25, -0.2) is 0 Å². The van der Waals surface area contributed by atoms with Gasteiger partial charge >= 0.3 is 0 Å². The van der Waals surface area contributed by atoms with Crippen LogP contribution in [0.3, 0.4) is 0 Å². The summed E-state index contributed by atoms with van der Waals surface area (Å²) < 4.78 is 10.7. The van der Waals surface area contributed by atoms with Crippen molar-refractivity contribution in [2.75, 3.05) is 37.0 Å². The number of benzene rings is 2. The molecular formula is C18H20Cl2N2O3. The molecule has 25 heavy (non-hydrogen) atoms. The summed E-state index contributed by atoms with van der Waals surface area (Å²) in [5.41, 5.74) is 1.34. The molecule has 0 unspecified atom stereocenters. The lowest BCUT2D eigenvalue weighted by molar-refractivity contribution is -0.114. The van der Waals surface area contributed by atoms with Crippen molar-refractivity contribution in [3.8, 4) is 5.75 Å². The molecule has 2 N–H and O–H groups in total. The molecule has 0 heterocycles. The summed E-state index contributed by atoms with van der Waals surface area (Å²) in [7, 11) is 0. The predicted octanol–water partition coefficient (Wildman–Crippen LogP) is 4.46. The maximum atomic E-state index is 12.0. The lowest BCUT2D eigenvalue weighted by Crippen LogP contribution is -2.21. The zero-order valence-electron chi connectivity index (χ0n) is 13.9. The van der Waals surface area contributed by atoms with Gasteiger partial charge in [-0.2, -0.15) is 0 Å². The number of halogens is 2. The van der Waals surface area contributed by atoms with Gasteiger partial charge in [0, 0.05) is 17.3 Å². The topological polar surface area (TPSA) is 59.6 Å². The average Bonchev–Trinajstić information content (AvgIpc) is 2.60. The molecule has 5 nitrogen and oxygen atoms in total. The van der Waals surface area contributed by atoms with Crippen molar-refractivity contribution in [2.24, 2.45) is 0 Å². The number of hydrogen-bond acceptors (Lipinski definition) is 4. The summed E-state index contributed by atoms with van der Waals surface area (Å²) in [6.07, 6.45) is 0. The van der Waals surface area contributed by atoms with Gasteiger partial charge in [0.2, 0.25) is 5.91 Å². The van der Waals surface area contributed by atoms with E-state index in [1.807, 2.05) is 31.2 Å². The maximum absolute atomic E-state index is 12.0. The lowest BCUT2D eigenvalue weighted by atomic mass is 10.3. The van der Waals surface area contributed by atoms with E-state index >= 15 is 0 Å². The van der Waals surface area contributed by atoms with Crippen molar-refractivity contribution in [1.82, 2.24) is 0 Å². The van der Waals surface area contributed by atoms with Crippen LogP contribution in [0.4, 0.5) is 11.4 Å². The van der Waals surface area contributed by atoms with Crippen LogP contribution in [0.5, 0.6) is 5.75 Å². The van der Waals surface area contributed by atoms with E-state index in [1.54, 1.807) is 18.2 Å². The van der Waals surface area contributed by atoms with Gasteiger partial charge in [-0.05, 0) is 49.4 Å². The second-order valence-electron chi connectivity index (χ2n) is 5.10. The third kappa shape index (κ3) is 6.82. The quantitative estimate of drug-likeness (QED) is 0.628. The van der Waals surface area contributed by atoms with E-state index in [1.165, 1.54) is 0 Å². The molecule has 0 saturated carbocycles. The number of amides is 1. The van der Waals surface area contributed by atoms with Gasteiger partial charge in [-0.3, -0.25) is 4.79 Å². The molecule has 7 heteroatoms. The van der Waals surface area contributed by atoms with Crippen molar-refractivity contribution in [3.05, 3.63) is 52.5 Å². The fourth-order valence-electron chi connectivity index (χ4n) is 2.00. The van der Waals surface area contributed by atoms with E-state index in [-0.39, 0.29) is 12.5 Å². The zero-order valence-corrected chi connectivity index (χ0v) is 15.4. The summed E-state index contributed by atoms with van der Waals surface area (Å²) in [6, 6.07) is 12.3. The van der Waals surface area contributed by atoms with Crippen molar-refractivity contribution >= 4 is 40.5 Å². The van der Waals surface area contributed by atoms with Gasteiger partial charge in [-0.15, -0.1) is 0 Å². The third-order valence-corrected chi connectivity index (χ3v) is 3.76. The van der Waals surface area contributed by atoms with Gasteiger partial charge in [-0.1, -0.05) is 23.2 Å². The van der Waals surface area contributed by atoms with Crippen LogP contribution < -0.4 is 15.4 Å². The van der Waals surface area contributed by atoms with E-state index in [4.69, 9.17) is 32.7 Å². The first-order valence-electron chi connectivity index (χ1n) is 7.88. The molecule has 0 aliphatic heterocycles. The lowest BCUT2D eigenvalue weighted by Gasteiger charge is -2.10. The highest BCUT2D eigenvalue weighted by Gasteiger charge is 2.06. The fraction of sp³-hybridized carbons (Fsp3) is 0.278. The van der Waals surface area contributed by atoms with Crippen LogP contribution in [0.1, 0.15) is 6.92 Å². The SMILES string of the molecule is CCOCCOc1ccc(NCC(=O)Nc2ccc(Cl)cc2Cl)cc1. The van der Waals surface area contributed by atoms with Gasteiger partial charge in [0.15, 0.2) is 0 Å². The molecule has 0 saturated heterocycles. The molecule has 0 aliphatic rings. The van der Waals surface area contributed by atoms with Gasteiger partial charge in [0.05, 0.1) is 23.9 Å². The van der Waals surface area contributed by atoms with E-state index in [2.05, 4.69) is 10.6 Å². The number of carbonyl (C=O) groups excluding carboxylic acids is 1. The molecule has 0 fully saturated rings. The number of anilines is 2. The van der Waals surface area contributed by atoms with Crippen LogP contribution in [0.15, 0.2) is 42.5 Å². The molecular weight excluding hydrogens is 363 g/mol. The van der Waals surface area contributed by atoms with Gasteiger partial charge in [0.25, 0.3) is 0 Å². The van der Waals surface area contributed by atoms with Crippen LogP contribution in [-0.2, 0) is 9.53 Å². The number of ether oxygens (including phenoxy) is 2. The van der Waals surface area contributed by atoms with E-state index < -0.39 is 0 Å². The van der Waals surface area contributed by atoms with Gasteiger partial charge < -0.3 is 20.1 Å². The first-order chi connectivity index (χ1) is 12.1. The van der Waals surface area contributed by atoms with Crippen LogP contribution in [0.2, 0.25) is 10.0 Å². The molecule has 2 aromatic rings. The first kappa shape index (κ1) is 19.4. The molecule has 0 radical (unpaired) electrons.